The molecule has 0 saturated carbocycles. The minimum Gasteiger partial charge on any atom is -0.494 e. The van der Waals surface area contributed by atoms with Crippen molar-refractivity contribution in [3.8, 4) is 5.75 Å². The van der Waals surface area contributed by atoms with Crippen molar-refractivity contribution in [1.29, 1.82) is 0 Å². The fraction of sp³-hybridized carbons (Fsp3) is 0.714. The van der Waals surface area contributed by atoms with Gasteiger partial charge in [-0.2, -0.15) is 0 Å². The molecular formula is C21H32O7. The number of benzene rings is 1. The van der Waals surface area contributed by atoms with Gasteiger partial charge in [0.05, 0.1) is 19.8 Å². The predicted molar refractivity (Wildman–Crippen MR) is 102 cm³/mol. The zero-order valence-electron chi connectivity index (χ0n) is 16.9. The Balaban J connectivity index is 1.56. The Morgan fingerprint density at radius 2 is 1.89 bits per heavy atom. The van der Waals surface area contributed by atoms with Crippen molar-refractivity contribution in [1.82, 2.24) is 0 Å². The van der Waals surface area contributed by atoms with E-state index in [2.05, 4.69) is 6.92 Å². The zero-order chi connectivity index (χ0) is 20.1. The Hall–Kier alpha value is -1.22. The van der Waals surface area contributed by atoms with Crippen LogP contribution >= 0.6 is 0 Å². The van der Waals surface area contributed by atoms with Gasteiger partial charge in [0, 0.05) is 0 Å². The normalized spacial score (nSPS) is 29.6. The summed E-state index contributed by atoms with van der Waals surface area (Å²) in [5.74, 6) is 0.0648. The van der Waals surface area contributed by atoms with Gasteiger partial charge in [-0.15, -0.1) is 0 Å². The second kappa shape index (κ2) is 9.52. The SMILES string of the molecule is CCCCCOc1ccc(CO[C@@H]2C3OC(C)(C)OC3O[C@@H]2C(O)CO)cc1. The van der Waals surface area contributed by atoms with Crippen LogP contribution in [0.25, 0.3) is 0 Å². The van der Waals surface area contributed by atoms with E-state index in [4.69, 9.17) is 23.7 Å². The third kappa shape index (κ3) is 5.23. The summed E-state index contributed by atoms with van der Waals surface area (Å²) in [4.78, 5) is 0. The maximum Gasteiger partial charge on any atom is 0.190 e. The van der Waals surface area contributed by atoms with Crippen LogP contribution in [0.5, 0.6) is 5.75 Å². The van der Waals surface area contributed by atoms with Crippen LogP contribution in [0.3, 0.4) is 0 Å². The highest BCUT2D eigenvalue weighted by Gasteiger charge is 2.56. The standard InChI is InChI=1S/C21H32O7/c1-4-5-6-11-24-15-9-7-14(8-10-15)13-25-18-17(16(23)12-22)26-20-19(18)27-21(2,3)28-20/h7-10,16-20,22-23H,4-6,11-13H2,1-3H3/t16?,17-,18+,19?,20?/m1/s1. The predicted octanol–water partition coefficient (Wildman–Crippen LogP) is 2.37. The van der Waals surface area contributed by atoms with E-state index in [9.17, 15) is 10.2 Å². The molecule has 2 aliphatic rings. The maximum absolute atomic E-state index is 10.1. The van der Waals surface area contributed by atoms with Crippen molar-refractivity contribution in [3.63, 3.8) is 0 Å². The first kappa shape index (κ1) is 21.5. The summed E-state index contributed by atoms with van der Waals surface area (Å²) in [5, 5.41) is 19.4. The number of rotatable bonds is 10. The maximum atomic E-state index is 10.1. The molecule has 28 heavy (non-hydrogen) atoms. The van der Waals surface area contributed by atoms with Crippen molar-refractivity contribution >= 4 is 0 Å². The van der Waals surface area contributed by atoms with Gasteiger partial charge in [0.1, 0.15) is 30.2 Å². The first-order valence-electron chi connectivity index (χ1n) is 10.1. The number of ether oxygens (including phenoxy) is 5. The van der Waals surface area contributed by atoms with E-state index in [0.717, 1.165) is 24.3 Å². The quantitative estimate of drug-likeness (QED) is 0.587. The number of fused-ring (bicyclic) bond motifs is 1. The van der Waals surface area contributed by atoms with E-state index >= 15 is 0 Å². The summed E-state index contributed by atoms with van der Waals surface area (Å²) >= 11 is 0. The van der Waals surface area contributed by atoms with Crippen molar-refractivity contribution in [2.75, 3.05) is 13.2 Å². The first-order valence-corrected chi connectivity index (χ1v) is 10.1. The lowest BCUT2D eigenvalue weighted by Crippen LogP contribution is -2.44. The highest BCUT2D eigenvalue weighted by molar-refractivity contribution is 5.26. The number of unbranched alkanes of at least 4 members (excludes halogenated alkanes) is 2. The molecule has 2 aliphatic heterocycles. The van der Waals surface area contributed by atoms with Gasteiger partial charge in [-0.25, -0.2) is 0 Å². The van der Waals surface area contributed by atoms with Crippen LogP contribution in [0.1, 0.15) is 45.6 Å². The highest BCUT2D eigenvalue weighted by Crippen LogP contribution is 2.39. The largest absolute Gasteiger partial charge is 0.494 e. The average molecular weight is 396 g/mol. The number of hydrogen-bond donors (Lipinski definition) is 2. The molecule has 3 unspecified atom stereocenters. The van der Waals surface area contributed by atoms with Crippen molar-refractivity contribution in [3.05, 3.63) is 29.8 Å². The third-order valence-electron chi connectivity index (χ3n) is 4.98. The first-order chi connectivity index (χ1) is 13.4. The number of hydrogen-bond acceptors (Lipinski definition) is 7. The van der Waals surface area contributed by atoms with Crippen LogP contribution in [0.4, 0.5) is 0 Å². The fourth-order valence-electron chi connectivity index (χ4n) is 3.52. The van der Waals surface area contributed by atoms with Crippen LogP contribution in [0.15, 0.2) is 24.3 Å². The van der Waals surface area contributed by atoms with E-state index in [0.29, 0.717) is 6.61 Å². The summed E-state index contributed by atoms with van der Waals surface area (Å²) in [5.41, 5.74) is 0.972. The molecule has 0 aliphatic carbocycles. The van der Waals surface area contributed by atoms with E-state index < -0.39 is 43.1 Å². The molecule has 3 rings (SSSR count). The molecule has 1 aromatic carbocycles. The molecule has 2 heterocycles. The van der Waals surface area contributed by atoms with Gasteiger partial charge in [0.25, 0.3) is 0 Å². The molecule has 0 spiro atoms. The van der Waals surface area contributed by atoms with Crippen LogP contribution in [-0.4, -0.2) is 59.9 Å². The van der Waals surface area contributed by atoms with E-state index in [1.165, 1.54) is 12.8 Å². The summed E-state index contributed by atoms with van der Waals surface area (Å²) in [6.07, 6.45) is -0.00224. The van der Waals surface area contributed by atoms with Crippen LogP contribution in [0.2, 0.25) is 0 Å². The second-order valence-electron chi connectivity index (χ2n) is 7.79. The molecule has 2 saturated heterocycles. The van der Waals surface area contributed by atoms with Crippen LogP contribution in [0, 0.1) is 0 Å². The fourth-order valence-corrected chi connectivity index (χ4v) is 3.52. The smallest absolute Gasteiger partial charge is 0.190 e. The van der Waals surface area contributed by atoms with Gasteiger partial charge in [-0.1, -0.05) is 31.9 Å². The second-order valence-corrected chi connectivity index (χ2v) is 7.79. The summed E-state index contributed by atoms with van der Waals surface area (Å²) in [6, 6.07) is 7.76. The average Bonchev–Trinajstić information content (AvgIpc) is 3.15. The monoisotopic (exact) mass is 396 g/mol. The molecule has 2 fully saturated rings. The Bertz CT molecular complexity index is 603. The number of aliphatic hydroxyl groups is 2. The van der Waals surface area contributed by atoms with Gasteiger partial charge in [0.2, 0.25) is 0 Å². The van der Waals surface area contributed by atoms with Gasteiger partial charge >= 0.3 is 0 Å². The van der Waals surface area contributed by atoms with Gasteiger partial charge in [-0.05, 0) is 38.0 Å². The van der Waals surface area contributed by atoms with E-state index in [1.807, 2.05) is 38.1 Å². The van der Waals surface area contributed by atoms with Crippen molar-refractivity contribution in [2.24, 2.45) is 0 Å². The third-order valence-corrected chi connectivity index (χ3v) is 4.98. The highest BCUT2D eigenvalue weighted by atomic mass is 16.8. The summed E-state index contributed by atoms with van der Waals surface area (Å²) in [6.45, 7) is 6.41. The van der Waals surface area contributed by atoms with Gasteiger partial charge in [0.15, 0.2) is 12.1 Å². The molecule has 5 atom stereocenters. The summed E-state index contributed by atoms with van der Waals surface area (Å²) in [7, 11) is 0. The molecule has 158 valence electrons. The molecule has 0 radical (unpaired) electrons. The molecular weight excluding hydrogens is 364 g/mol. The molecule has 0 aromatic heterocycles. The van der Waals surface area contributed by atoms with Gasteiger partial charge < -0.3 is 33.9 Å². The minimum absolute atomic E-state index is 0.325. The lowest BCUT2D eigenvalue weighted by atomic mass is 10.1. The zero-order valence-corrected chi connectivity index (χ0v) is 16.9. The van der Waals surface area contributed by atoms with Crippen molar-refractivity contribution < 1.29 is 33.9 Å². The Kier molecular flexibility index (Phi) is 7.31. The molecule has 0 amide bonds. The van der Waals surface area contributed by atoms with Crippen molar-refractivity contribution in [2.45, 2.75) is 83.1 Å². The minimum atomic E-state index is -1.06. The molecule has 1 aromatic rings. The van der Waals surface area contributed by atoms with E-state index in [-0.39, 0.29) is 0 Å². The lowest BCUT2D eigenvalue weighted by molar-refractivity contribution is -0.232. The van der Waals surface area contributed by atoms with E-state index in [1.54, 1.807) is 0 Å². The molecule has 7 nitrogen and oxygen atoms in total. The molecule has 7 heteroatoms. The van der Waals surface area contributed by atoms with Crippen LogP contribution in [-0.2, 0) is 25.6 Å². The Labute approximate surface area is 166 Å². The number of aliphatic hydroxyl groups excluding tert-OH is 2. The Morgan fingerprint density at radius 1 is 1.14 bits per heavy atom. The topological polar surface area (TPSA) is 86.6 Å². The summed E-state index contributed by atoms with van der Waals surface area (Å²) < 4.78 is 29.1. The van der Waals surface area contributed by atoms with Crippen LogP contribution < -0.4 is 4.74 Å². The van der Waals surface area contributed by atoms with Gasteiger partial charge in [-0.3, -0.25) is 0 Å². The lowest BCUT2D eigenvalue weighted by Gasteiger charge is -2.28. The molecule has 2 N–H and O–H groups in total. The Morgan fingerprint density at radius 3 is 2.57 bits per heavy atom. The molecule has 0 bridgehead atoms.